The van der Waals surface area contributed by atoms with Crippen LogP contribution in [-0.4, -0.2) is 37.0 Å². The first-order valence-electron chi connectivity index (χ1n) is 5.83. The van der Waals surface area contributed by atoms with E-state index in [-0.39, 0.29) is 11.9 Å². The molecule has 1 fully saturated rings. The molecular weight excluding hydrogens is 250 g/mol. The number of carbonyl (C=O) groups excluding carboxylic acids is 2. The second kappa shape index (κ2) is 5.82. The summed E-state index contributed by atoms with van der Waals surface area (Å²) in [6, 6.07) is 3.62. The topological polar surface area (TPSA) is 46.6 Å². The molecule has 1 amide bonds. The second-order valence-corrected chi connectivity index (χ2v) is 5.15. The molecule has 0 unspecified atom stereocenters. The average molecular weight is 265 g/mol. The molecule has 0 aliphatic carbocycles. The molecular formula is C13H15NO3S. The second-order valence-electron chi connectivity index (χ2n) is 4.04. The van der Waals surface area contributed by atoms with Gasteiger partial charge in [-0.3, -0.25) is 4.79 Å². The maximum Gasteiger partial charge on any atom is 0.348 e. The molecule has 96 valence electrons. The van der Waals surface area contributed by atoms with Gasteiger partial charge >= 0.3 is 5.97 Å². The van der Waals surface area contributed by atoms with Gasteiger partial charge in [-0.2, -0.15) is 0 Å². The van der Waals surface area contributed by atoms with Crippen LogP contribution in [0.25, 0.3) is 6.08 Å². The van der Waals surface area contributed by atoms with E-state index < -0.39 is 0 Å². The summed E-state index contributed by atoms with van der Waals surface area (Å²) in [6.07, 6.45) is 5.51. The van der Waals surface area contributed by atoms with E-state index in [0.717, 1.165) is 17.8 Å². The highest BCUT2D eigenvalue weighted by molar-refractivity contribution is 7.14. The first-order chi connectivity index (χ1) is 8.70. The molecule has 1 aromatic rings. The molecule has 0 aromatic carbocycles. The van der Waals surface area contributed by atoms with E-state index in [1.165, 1.54) is 18.4 Å². The molecule has 18 heavy (non-hydrogen) atoms. The van der Waals surface area contributed by atoms with Crippen molar-refractivity contribution in [1.82, 2.24) is 4.90 Å². The van der Waals surface area contributed by atoms with Gasteiger partial charge in [-0.15, -0.1) is 11.3 Å². The SMILES string of the molecule is COC(=O)c1ccc(/C=C\CN2CCCC2=O)s1. The average Bonchev–Trinajstić information content (AvgIpc) is 2.99. The van der Waals surface area contributed by atoms with Gasteiger partial charge in [0.2, 0.25) is 5.91 Å². The number of ether oxygens (including phenoxy) is 1. The summed E-state index contributed by atoms with van der Waals surface area (Å²) in [5.41, 5.74) is 0. The predicted octanol–water partition coefficient (Wildman–Crippen LogP) is 2.17. The molecule has 0 saturated carbocycles. The molecule has 5 heteroatoms. The quantitative estimate of drug-likeness (QED) is 0.784. The Morgan fingerprint density at radius 2 is 2.39 bits per heavy atom. The first kappa shape index (κ1) is 12.8. The van der Waals surface area contributed by atoms with Crippen molar-refractivity contribution in [2.45, 2.75) is 12.8 Å². The van der Waals surface area contributed by atoms with Crippen LogP contribution in [0.4, 0.5) is 0 Å². The minimum absolute atomic E-state index is 0.223. The molecule has 2 rings (SSSR count). The Labute approximate surface area is 110 Å². The van der Waals surface area contributed by atoms with Crippen LogP contribution in [0.2, 0.25) is 0 Å². The van der Waals surface area contributed by atoms with Crippen molar-refractivity contribution in [3.63, 3.8) is 0 Å². The van der Waals surface area contributed by atoms with E-state index in [0.29, 0.717) is 17.8 Å². The number of carbonyl (C=O) groups is 2. The Bertz CT molecular complexity index is 478. The monoisotopic (exact) mass is 265 g/mol. The molecule has 1 aliphatic heterocycles. The number of hydrogen-bond acceptors (Lipinski definition) is 4. The minimum Gasteiger partial charge on any atom is -0.465 e. The first-order valence-corrected chi connectivity index (χ1v) is 6.65. The van der Waals surface area contributed by atoms with Gasteiger partial charge in [0.25, 0.3) is 0 Å². The van der Waals surface area contributed by atoms with E-state index in [4.69, 9.17) is 0 Å². The molecule has 0 N–H and O–H groups in total. The number of methoxy groups -OCH3 is 1. The fourth-order valence-electron chi connectivity index (χ4n) is 1.85. The molecule has 2 heterocycles. The van der Waals surface area contributed by atoms with Crippen molar-refractivity contribution in [3.8, 4) is 0 Å². The summed E-state index contributed by atoms with van der Waals surface area (Å²) < 4.78 is 4.64. The van der Waals surface area contributed by atoms with Crippen LogP contribution in [0.1, 0.15) is 27.4 Å². The summed E-state index contributed by atoms with van der Waals surface area (Å²) >= 11 is 1.38. The van der Waals surface area contributed by atoms with Gasteiger partial charge < -0.3 is 9.64 Å². The van der Waals surface area contributed by atoms with Gasteiger partial charge in [0.1, 0.15) is 4.88 Å². The summed E-state index contributed by atoms with van der Waals surface area (Å²) in [4.78, 5) is 26.1. The molecule has 0 bridgehead atoms. The van der Waals surface area contributed by atoms with Gasteiger partial charge in [-0.1, -0.05) is 6.08 Å². The third-order valence-corrected chi connectivity index (χ3v) is 3.82. The van der Waals surface area contributed by atoms with Gasteiger partial charge in [0.05, 0.1) is 7.11 Å². The van der Waals surface area contributed by atoms with Crippen molar-refractivity contribution >= 4 is 29.3 Å². The standard InChI is InChI=1S/C13H15NO3S/c1-17-13(16)11-7-6-10(18-11)4-2-8-14-9-3-5-12(14)15/h2,4,6-7H,3,5,8-9H2,1H3/b4-2-. The van der Waals surface area contributed by atoms with Crippen molar-refractivity contribution in [2.24, 2.45) is 0 Å². The largest absolute Gasteiger partial charge is 0.465 e. The Morgan fingerprint density at radius 1 is 1.56 bits per heavy atom. The van der Waals surface area contributed by atoms with Crippen LogP contribution >= 0.6 is 11.3 Å². The van der Waals surface area contributed by atoms with Crippen molar-refractivity contribution in [2.75, 3.05) is 20.2 Å². The molecule has 1 saturated heterocycles. The number of hydrogen-bond donors (Lipinski definition) is 0. The van der Waals surface area contributed by atoms with Crippen LogP contribution in [-0.2, 0) is 9.53 Å². The van der Waals surface area contributed by atoms with Gasteiger partial charge in [0.15, 0.2) is 0 Å². The molecule has 4 nitrogen and oxygen atoms in total. The summed E-state index contributed by atoms with van der Waals surface area (Å²) in [6.45, 7) is 1.49. The maximum atomic E-state index is 11.4. The van der Waals surface area contributed by atoms with Crippen LogP contribution in [0, 0.1) is 0 Å². The Hall–Kier alpha value is -1.62. The maximum absolute atomic E-state index is 11.4. The van der Waals surface area contributed by atoms with E-state index in [9.17, 15) is 9.59 Å². The Morgan fingerprint density at radius 3 is 3.06 bits per heavy atom. The predicted molar refractivity (Wildman–Crippen MR) is 70.5 cm³/mol. The highest BCUT2D eigenvalue weighted by Gasteiger charge is 2.18. The lowest BCUT2D eigenvalue weighted by Gasteiger charge is -2.11. The van der Waals surface area contributed by atoms with Crippen molar-refractivity contribution in [1.29, 1.82) is 0 Å². The highest BCUT2D eigenvalue weighted by Crippen LogP contribution is 2.19. The third kappa shape index (κ3) is 2.98. The van der Waals surface area contributed by atoms with Crippen LogP contribution in [0.15, 0.2) is 18.2 Å². The van der Waals surface area contributed by atoms with Gasteiger partial charge in [-0.05, 0) is 24.6 Å². The van der Waals surface area contributed by atoms with E-state index in [2.05, 4.69) is 4.74 Å². The lowest BCUT2D eigenvalue weighted by molar-refractivity contribution is -0.127. The fraction of sp³-hybridized carbons (Fsp3) is 0.385. The Balaban J connectivity index is 1.91. The molecule has 1 aromatic heterocycles. The van der Waals surface area contributed by atoms with E-state index in [1.807, 2.05) is 23.1 Å². The van der Waals surface area contributed by atoms with Gasteiger partial charge in [0, 0.05) is 24.4 Å². The third-order valence-electron chi connectivity index (χ3n) is 2.79. The Kier molecular flexibility index (Phi) is 4.15. The number of amides is 1. The van der Waals surface area contributed by atoms with Crippen LogP contribution in [0.3, 0.4) is 0 Å². The number of thiophene rings is 1. The van der Waals surface area contributed by atoms with E-state index in [1.54, 1.807) is 6.07 Å². The minimum atomic E-state index is -0.311. The molecule has 0 spiro atoms. The highest BCUT2D eigenvalue weighted by atomic mass is 32.1. The smallest absolute Gasteiger partial charge is 0.348 e. The summed E-state index contributed by atoms with van der Waals surface area (Å²) in [5.74, 6) is -0.0875. The van der Waals surface area contributed by atoms with Crippen molar-refractivity contribution < 1.29 is 14.3 Å². The van der Waals surface area contributed by atoms with E-state index >= 15 is 0 Å². The molecule has 1 aliphatic rings. The number of nitrogens with zero attached hydrogens (tertiary/aromatic N) is 1. The lowest BCUT2D eigenvalue weighted by Crippen LogP contribution is -2.24. The lowest BCUT2D eigenvalue weighted by atomic mass is 10.4. The number of rotatable bonds is 4. The summed E-state index contributed by atoms with van der Waals surface area (Å²) in [7, 11) is 1.37. The zero-order valence-corrected chi connectivity index (χ0v) is 11.0. The zero-order chi connectivity index (χ0) is 13.0. The summed E-state index contributed by atoms with van der Waals surface area (Å²) in [5, 5.41) is 0. The van der Waals surface area contributed by atoms with Crippen molar-refractivity contribution in [3.05, 3.63) is 28.0 Å². The zero-order valence-electron chi connectivity index (χ0n) is 10.2. The molecule has 0 atom stereocenters. The van der Waals surface area contributed by atoms with Crippen LogP contribution < -0.4 is 0 Å². The number of esters is 1. The number of likely N-dealkylation sites (tertiary alicyclic amines) is 1. The molecule has 0 radical (unpaired) electrons. The normalized spacial score (nSPS) is 15.6. The fourth-order valence-corrected chi connectivity index (χ4v) is 2.70. The van der Waals surface area contributed by atoms with Crippen LogP contribution in [0.5, 0.6) is 0 Å². The van der Waals surface area contributed by atoms with Gasteiger partial charge in [-0.25, -0.2) is 4.79 Å².